The Morgan fingerprint density at radius 2 is 0.775 bits per heavy atom. The lowest BCUT2D eigenvalue weighted by atomic mass is 10.0. The van der Waals surface area contributed by atoms with E-state index in [0.717, 1.165) is 11.1 Å². The number of anilines is 2. The smallest absolute Gasteiger partial charge is 0.0554 e. The summed E-state index contributed by atoms with van der Waals surface area (Å²) < 4.78 is 7.88. The van der Waals surface area contributed by atoms with Crippen molar-refractivity contribution in [2.45, 2.75) is 0 Å². The summed E-state index contributed by atoms with van der Waals surface area (Å²) in [6.07, 6.45) is 0. The van der Waals surface area contributed by atoms with Gasteiger partial charge in [0.1, 0.15) is 0 Å². The monoisotopic (exact) mass is 584 g/mol. The fourth-order valence-electron chi connectivity index (χ4n) is 5.98. The molecule has 0 aliphatic carbocycles. The fraction of sp³-hybridized carbons (Fsp3) is 0. The Morgan fingerprint density at radius 3 is 1.25 bits per heavy atom. The molecule has 0 radical (unpaired) electrons. The summed E-state index contributed by atoms with van der Waals surface area (Å²) in [6.45, 7) is 0. The highest BCUT2D eigenvalue weighted by molar-refractivity contribution is 7.27. The lowest BCUT2D eigenvalue weighted by Gasteiger charge is -2.10. The van der Waals surface area contributed by atoms with Gasteiger partial charge in [-0.2, -0.15) is 0 Å². The van der Waals surface area contributed by atoms with Gasteiger partial charge in [0.05, 0.1) is 11.4 Å². The molecule has 9 aromatic rings. The molecule has 4 aromatic heterocycles. The average molecular weight is 585 g/mol. The largest absolute Gasteiger partial charge is 0.397 e. The number of rotatable bonds is 2. The van der Waals surface area contributed by atoms with Crippen LogP contribution >= 0.6 is 45.3 Å². The highest BCUT2D eigenvalue weighted by atomic mass is 32.1. The molecule has 4 N–H and O–H groups in total. The predicted molar refractivity (Wildman–Crippen MR) is 183 cm³/mol. The minimum absolute atomic E-state index is 0.620. The number of nitrogens with two attached hydrogens (primary N) is 2. The van der Waals surface area contributed by atoms with Gasteiger partial charge in [0.2, 0.25) is 0 Å². The van der Waals surface area contributed by atoms with Crippen molar-refractivity contribution in [3.63, 3.8) is 0 Å². The lowest BCUT2D eigenvalue weighted by molar-refractivity contribution is 1.65. The van der Waals surface area contributed by atoms with Crippen molar-refractivity contribution in [1.29, 1.82) is 0 Å². The topological polar surface area (TPSA) is 52.0 Å². The van der Waals surface area contributed by atoms with Gasteiger partial charge in [-0.3, -0.25) is 0 Å². The number of thiophene rings is 4. The molecule has 0 atom stereocenters. The van der Waals surface area contributed by atoms with E-state index in [1.165, 1.54) is 70.3 Å². The van der Waals surface area contributed by atoms with Crippen LogP contribution in [0.4, 0.5) is 11.4 Å². The van der Waals surface area contributed by atoms with Gasteiger partial charge in [-0.1, -0.05) is 36.4 Å². The quantitative estimate of drug-likeness (QED) is 0.199. The van der Waals surface area contributed by atoms with Crippen molar-refractivity contribution in [3.05, 3.63) is 97.1 Å². The first-order valence-electron chi connectivity index (χ1n) is 13.0. The summed E-state index contributed by atoms with van der Waals surface area (Å²) in [4.78, 5) is 2.42. The van der Waals surface area contributed by atoms with E-state index >= 15 is 0 Å². The maximum absolute atomic E-state index is 6.43. The second-order valence-electron chi connectivity index (χ2n) is 10.1. The predicted octanol–water partition coefficient (Wildman–Crippen LogP) is 11.4. The third-order valence-corrected chi connectivity index (χ3v) is 12.4. The Labute approximate surface area is 245 Å². The molecule has 0 fully saturated rings. The van der Waals surface area contributed by atoms with E-state index in [2.05, 4.69) is 97.1 Å². The molecule has 0 saturated carbocycles. The van der Waals surface area contributed by atoms with Crippen LogP contribution in [-0.2, 0) is 0 Å². The molecule has 0 unspecified atom stereocenters. The minimum Gasteiger partial charge on any atom is -0.397 e. The maximum Gasteiger partial charge on any atom is 0.0554 e. The third-order valence-electron chi connectivity index (χ3n) is 7.83. The normalized spacial score (nSPS) is 12.2. The lowest BCUT2D eigenvalue weighted by Crippen LogP contribution is -1.96. The number of hydrogen-bond acceptors (Lipinski definition) is 6. The van der Waals surface area contributed by atoms with E-state index in [1.807, 2.05) is 45.3 Å². The number of benzene rings is 5. The first kappa shape index (κ1) is 22.8. The molecule has 0 bridgehead atoms. The van der Waals surface area contributed by atoms with Crippen LogP contribution in [0.1, 0.15) is 0 Å². The van der Waals surface area contributed by atoms with Crippen LogP contribution in [0.5, 0.6) is 0 Å². The Morgan fingerprint density at radius 1 is 0.375 bits per heavy atom. The molecule has 9 rings (SSSR count). The zero-order chi connectivity index (χ0) is 26.5. The molecule has 0 spiro atoms. The highest BCUT2D eigenvalue weighted by Gasteiger charge is 2.19. The van der Waals surface area contributed by atoms with E-state index < -0.39 is 0 Å². The van der Waals surface area contributed by atoms with Gasteiger partial charge in [-0.05, 0) is 60.7 Å². The van der Waals surface area contributed by atoms with Crippen LogP contribution in [0, 0.1) is 0 Å². The highest BCUT2D eigenvalue weighted by Crippen LogP contribution is 2.49. The van der Waals surface area contributed by atoms with Gasteiger partial charge in [0.15, 0.2) is 0 Å². The number of hydrogen-bond donors (Lipinski definition) is 2. The van der Waals surface area contributed by atoms with Gasteiger partial charge in [0.25, 0.3) is 0 Å². The molecule has 40 heavy (non-hydrogen) atoms. The van der Waals surface area contributed by atoms with Crippen molar-refractivity contribution < 1.29 is 0 Å². The second kappa shape index (κ2) is 8.29. The summed E-state index contributed by atoms with van der Waals surface area (Å²) >= 11 is 7.38. The summed E-state index contributed by atoms with van der Waals surface area (Å²) in [7, 11) is 0. The Balaban J connectivity index is 1.31. The minimum atomic E-state index is 0.620. The van der Waals surface area contributed by atoms with Crippen LogP contribution in [0.3, 0.4) is 0 Å². The standard InChI is InChI=1S/C34H20N2S4/c35-23-13-19(31-15-21-27(39-31)9-11-29-33(21)17-5-1-3-7-25(17)37-29)20(14-24(23)36)32-16-22-28(40-32)10-12-30-34(22)18-6-2-4-8-26(18)38-30/h1-16H,35-36H2. The van der Waals surface area contributed by atoms with Crippen molar-refractivity contribution in [1.82, 2.24) is 0 Å². The van der Waals surface area contributed by atoms with E-state index in [-0.39, 0.29) is 0 Å². The van der Waals surface area contributed by atoms with E-state index in [0.29, 0.717) is 11.4 Å². The Kier molecular flexibility index (Phi) is 4.73. The van der Waals surface area contributed by atoms with Gasteiger partial charge >= 0.3 is 0 Å². The van der Waals surface area contributed by atoms with Crippen molar-refractivity contribution in [2.75, 3.05) is 11.5 Å². The molecule has 0 saturated heterocycles. The third kappa shape index (κ3) is 3.19. The van der Waals surface area contributed by atoms with Crippen molar-refractivity contribution in [3.8, 4) is 20.9 Å². The SMILES string of the molecule is Nc1cc(-c2cc3c(ccc4sc5ccccc5c43)s2)c(-c2cc3c(ccc4sc5ccccc5c43)s2)cc1N. The first-order chi connectivity index (χ1) is 19.6. The number of nitrogen functional groups attached to an aromatic ring is 2. The molecule has 190 valence electrons. The van der Waals surface area contributed by atoms with Crippen molar-refractivity contribution in [2.24, 2.45) is 0 Å². The van der Waals surface area contributed by atoms with Crippen LogP contribution in [-0.4, -0.2) is 0 Å². The Bertz CT molecular complexity index is 2300. The zero-order valence-electron chi connectivity index (χ0n) is 21.0. The summed E-state index contributed by atoms with van der Waals surface area (Å²) in [6, 6.07) is 35.3. The van der Waals surface area contributed by atoms with E-state index in [1.54, 1.807) is 0 Å². The molecule has 0 amide bonds. The molecule has 5 aromatic carbocycles. The molecule has 4 heterocycles. The molecular weight excluding hydrogens is 565 g/mol. The fourth-order valence-corrected chi connectivity index (χ4v) is 10.4. The first-order valence-corrected chi connectivity index (χ1v) is 16.3. The van der Waals surface area contributed by atoms with Crippen LogP contribution < -0.4 is 11.5 Å². The number of fused-ring (bicyclic) bond motifs is 10. The average Bonchev–Trinajstić information content (AvgIpc) is 3.74. The molecular formula is C34H20N2S4. The van der Waals surface area contributed by atoms with Crippen LogP contribution in [0.25, 0.3) is 81.4 Å². The van der Waals surface area contributed by atoms with Gasteiger partial charge in [-0.25, -0.2) is 0 Å². The Hall–Kier alpha value is -3.94. The molecule has 0 aliphatic heterocycles. The van der Waals surface area contributed by atoms with Crippen molar-refractivity contribution >= 4 is 117 Å². The summed E-state index contributed by atoms with van der Waals surface area (Å²) in [5, 5.41) is 7.95. The van der Waals surface area contributed by atoms with E-state index in [4.69, 9.17) is 11.5 Å². The maximum atomic E-state index is 6.43. The zero-order valence-corrected chi connectivity index (χ0v) is 24.3. The van der Waals surface area contributed by atoms with Crippen LogP contribution in [0.2, 0.25) is 0 Å². The van der Waals surface area contributed by atoms with E-state index in [9.17, 15) is 0 Å². The van der Waals surface area contributed by atoms with Gasteiger partial charge in [-0.15, -0.1) is 45.3 Å². The summed E-state index contributed by atoms with van der Waals surface area (Å²) in [5.74, 6) is 0. The summed E-state index contributed by atoms with van der Waals surface area (Å²) in [5.41, 5.74) is 16.4. The second-order valence-corrected chi connectivity index (χ2v) is 14.5. The van der Waals surface area contributed by atoms with Gasteiger partial charge < -0.3 is 11.5 Å². The van der Waals surface area contributed by atoms with Crippen LogP contribution in [0.15, 0.2) is 97.1 Å². The molecule has 6 heteroatoms. The molecule has 0 aliphatic rings. The molecule has 2 nitrogen and oxygen atoms in total. The van der Waals surface area contributed by atoms with Gasteiger partial charge in [0, 0.05) is 81.4 Å².